The molecule has 0 radical (unpaired) electrons. The minimum absolute atomic E-state index is 0.535. The van der Waals surface area contributed by atoms with E-state index < -0.39 is 11.2 Å². The Morgan fingerprint density at radius 2 is 1.67 bits per heavy atom. The van der Waals surface area contributed by atoms with Gasteiger partial charge >= 0.3 is 0 Å². The van der Waals surface area contributed by atoms with E-state index >= 15 is 0 Å². The van der Waals surface area contributed by atoms with Crippen LogP contribution in [0, 0.1) is 12.3 Å². The first-order valence-electron chi connectivity index (χ1n) is 4.19. The Bertz CT molecular complexity index is 169. The zero-order valence-corrected chi connectivity index (χ0v) is 8.09. The zero-order valence-electron chi connectivity index (χ0n) is 8.09. The maximum atomic E-state index is 9.40. The van der Waals surface area contributed by atoms with Gasteiger partial charge in [-0.1, -0.05) is 5.92 Å². The van der Waals surface area contributed by atoms with Crippen LogP contribution in [-0.2, 0) is 0 Å². The predicted octanol–water partition coefficient (Wildman–Crippen LogP) is 1.31. The van der Waals surface area contributed by atoms with Crippen LogP contribution in [0.1, 0.15) is 40.0 Å². The fourth-order valence-corrected chi connectivity index (χ4v) is 0.937. The maximum Gasteiger partial charge on any atom is 0.122 e. The van der Waals surface area contributed by atoms with Gasteiger partial charge in [-0.25, -0.2) is 0 Å². The Morgan fingerprint density at radius 1 is 1.17 bits per heavy atom. The van der Waals surface area contributed by atoms with Gasteiger partial charge in [0.05, 0.1) is 5.60 Å². The van der Waals surface area contributed by atoms with Crippen LogP contribution < -0.4 is 0 Å². The number of hydrogen-bond acceptors (Lipinski definition) is 2. The Morgan fingerprint density at radius 3 is 2.00 bits per heavy atom. The molecule has 12 heavy (non-hydrogen) atoms. The molecule has 0 rings (SSSR count). The molecule has 2 nitrogen and oxygen atoms in total. The van der Waals surface area contributed by atoms with Gasteiger partial charge in [-0.3, -0.25) is 0 Å². The summed E-state index contributed by atoms with van der Waals surface area (Å²) in [4.78, 5) is 0. The summed E-state index contributed by atoms with van der Waals surface area (Å²) in [7, 11) is 0. The number of aliphatic hydroxyl groups is 2. The van der Waals surface area contributed by atoms with E-state index in [1.54, 1.807) is 20.8 Å². The van der Waals surface area contributed by atoms with Gasteiger partial charge in [-0.15, -0.1) is 6.42 Å². The van der Waals surface area contributed by atoms with Gasteiger partial charge in [0, 0.05) is 0 Å². The van der Waals surface area contributed by atoms with E-state index in [1.807, 2.05) is 0 Å². The molecule has 70 valence electrons. The highest BCUT2D eigenvalue weighted by Gasteiger charge is 2.18. The topological polar surface area (TPSA) is 40.5 Å². The highest BCUT2D eigenvalue weighted by molar-refractivity contribution is 5.04. The quantitative estimate of drug-likeness (QED) is 0.624. The van der Waals surface area contributed by atoms with E-state index in [4.69, 9.17) is 6.42 Å². The van der Waals surface area contributed by atoms with Gasteiger partial charge < -0.3 is 10.2 Å². The lowest BCUT2D eigenvalue weighted by atomic mass is 9.95. The first-order chi connectivity index (χ1) is 5.27. The summed E-state index contributed by atoms with van der Waals surface area (Å²) in [5.41, 5.74) is -1.68. The lowest BCUT2D eigenvalue weighted by molar-refractivity contribution is 0.0550. The summed E-state index contributed by atoms with van der Waals surface area (Å²) in [6, 6.07) is 0. The Labute approximate surface area is 74.6 Å². The molecule has 0 fully saturated rings. The minimum atomic E-state index is -1.02. The molecule has 2 N–H and O–H groups in total. The standard InChI is InChI=1S/C10H18O2/c1-5-10(4,12)8-6-7-9(2,3)11/h1,11-12H,6-8H2,2-4H3/t10-/m1/s1. The van der Waals surface area contributed by atoms with Crippen molar-refractivity contribution in [3.8, 4) is 12.3 Å². The van der Waals surface area contributed by atoms with E-state index in [0.717, 1.165) is 6.42 Å². The van der Waals surface area contributed by atoms with Gasteiger partial charge in [0.15, 0.2) is 0 Å². The first-order valence-corrected chi connectivity index (χ1v) is 4.19. The molecule has 0 unspecified atom stereocenters. The van der Waals surface area contributed by atoms with Crippen LogP contribution in [0.5, 0.6) is 0 Å². The Kier molecular flexibility index (Phi) is 3.76. The van der Waals surface area contributed by atoms with Crippen LogP contribution in [0.4, 0.5) is 0 Å². The molecule has 0 heterocycles. The van der Waals surface area contributed by atoms with E-state index in [2.05, 4.69) is 5.92 Å². The fraction of sp³-hybridized carbons (Fsp3) is 0.800. The molecule has 0 aliphatic rings. The molecule has 0 spiro atoms. The second kappa shape index (κ2) is 3.93. The molecular formula is C10H18O2. The minimum Gasteiger partial charge on any atom is -0.390 e. The van der Waals surface area contributed by atoms with Crippen molar-refractivity contribution >= 4 is 0 Å². The van der Waals surface area contributed by atoms with Crippen molar-refractivity contribution in [3.05, 3.63) is 0 Å². The molecular weight excluding hydrogens is 152 g/mol. The van der Waals surface area contributed by atoms with Crippen molar-refractivity contribution in [1.82, 2.24) is 0 Å². The van der Waals surface area contributed by atoms with Gasteiger partial charge in [-0.05, 0) is 40.0 Å². The van der Waals surface area contributed by atoms with Gasteiger partial charge in [0.25, 0.3) is 0 Å². The number of hydrogen-bond donors (Lipinski definition) is 2. The van der Waals surface area contributed by atoms with Gasteiger partial charge in [0.1, 0.15) is 5.60 Å². The molecule has 0 saturated heterocycles. The van der Waals surface area contributed by atoms with Crippen molar-refractivity contribution < 1.29 is 10.2 Å². The molecule has 0 aromatic rings. The monoisotopic (exact) mass is 170 g/mol. The highest BCUT2D eigenvalue weighted by atomic mass is 16.3. The van der Waals surface area contributed by atoms with E-state index in [9.17, 15) is 10.2 Å². The number of terminal acetylenes is 1. The normalized spacial score (nSPS) is 16.7. The molecule has 0 saturated carbocycles. The second-order valence-corrected chi connectivity index (χ2v) is 4.08. The first kappa shape index (κ1) is 11.5. The molecule has 0 aromatic carbocycles. The van der Waals surface area contributed by atoms with Crippen molar-refractivity contribution in [3.63, 3.8) is 0 Å². The third-order valence-electron chi connectivity index (χ3n) is 1.76. The summed E-state index contributed by atoms with van der Waals surface area (Å²) >= 11 is 0. The third kappa shape index (κ3) is 6.21. The molecule has 0 aliphatic heterocycles. The molecule has 0 bridgehead atoms. The van der Waals surface area contributed by atoms with Crippen LogP contribution in [0.3, 0.4) is 0 Å². The molecule has 0 aromatic heterocycles. The largest absolute Gasteiger partial charge is 0.390 e. The lowest BCUT2D eigenvalue weighted by Crippen LogP contribution is -2.24. The molecule has 0 amide bonds. The van der Waals surface area contributed by atoms with Crippen LogP contribution >= 0.6 is 0 Å². The molecule has 2 heteroatoms. The van der Waals surface area contributed by atoms with Crippen LogP contribution in [0.2, 0.25) is 0 Å². The SMILES string of the molecule is C#C[C@@](C)(O)CCCC(C)(C)O. The van der Waals surface area contributed by atoms with Crippen molar-refractivity contribution in [2.45, 2.75) is 51.2 Å². The van der Waals surface area contributed by atoms with Gasteiger partial charge in [-0.2, -0.15) is 0 Å². The summed E-state index contributed by atoms with van der Waals surface area (Å²) in [5.74, 6) is 2.30. The summed E-state index contributed by atoms with van der Waals surface area (Å²) in [6.07, 6.45) is 7.02. The molecule has 0 aliphatic carbocycles. The van der Waals surface area contributed by atoms with Gasteiger partial charge in [0.2, 0.25) is 0 Å². The van der Waals surface area contributed by atoms with Crippen molar-refractivity contribution in [2.24, 2.45) is 0 Å². The second-order valence-electron chi connectivity index (χ2n) is 4.08. The average molecular weight is 170 g/mol. The molecule has 1 atom stereocenters. The van der Waals surface area contributed by atoms with Crippen molar-refractivity contribution in [1.29, 1.82) is 0 Å². The highest BCUT2D eigenvalue weighted by Crippen LogP contribution is 2.17. The number of rotatable bonds is 4. The summed E-state index contributed by atoms with van der Waals surface area (Å²) < 4.78 is 0. The predicted molar refractivity (Wildman–Crippen MR) is 49.6 cm³/mol. The van der Waals surface area contributed by atoms with Crippen LogP contribution in [-0.4, -0.2) is 21.4 Å². The van der Waals surface area contributed by atoms with Crippen molar-refractivity contribution in [2.75, 3.05) is 0 Å². The summed E-state index contributed by atoms with van der Waals surface area (Å²) in [5, 5.41) is 18.8. The average Bonchev–Trinajstić information content (AvgIpc) is 1.84. The van der Waals surface area contributed by atoms with Crippen LogP contribution in [0.25, 0.3) is 0 Å². The zero-order chi connectivity index (χ0) is 9.83. The van der Waals surface area contributed by atoms with Crippen LogP contribution in [0.15, 0.2) is 0 Å². The lowest BCUT2D eigenvalue weighted by Gasteiger charge is -2.20. The van der Waals surface area contributed by atoms with E-state index in [-0.39, 0.29) is 0 Å². The fourth-order valence-electron chi connectivity index (χ4n) is 0.937. The third-order valence-corrected chi connectivity index (χ3v) is 1.76. The Hall–Kier alpha value is -0.520. The summed E-state index contributed by atoms with van der Waals surface area (Å²) in [6.45, 7) is 5.10. The van der Waals surface area contributed by atoms with E-state index in [0.29, 0.717) is 12.8 Å². The maximum absolute atomic E-state index is 9.40. The smallest absolute Gasteiger partial charge is 0.122 e. The van der Waals surface area contributed by atoms with E-state index in [1.165, 1.54) is 0 Å². The Balaban J connectivity index is 3.66.